The van der Waals surface area contributed by atoms with Crippen LogP contribution in [0.15, 0.2) is 30.5 Å². The number of benzene rings is 1. The molecule has 8 heteroatoms. The molecular weight excluding hydrogens is 326 g/mol. The van der Waals surface area contributed by atoms with Crippen molar-refractivity contribution in [1.29, 1.82) is 5.26 Å². The van der Waals surface area contributed by atoms with E-state index in [0.29, 0.717) is 34.6 Å². The molecule has 0 spiro atoms. The van der Waals surface area contributed by atoms with Gasteiger partial charge < -0.3 is 0 Å². The van der Waals surface area contributed by atoms with E-state index in [1.807, 2.05) is 12.1 Å². The second-order valence-corrected chi connectivity index (χ2v) is 6.24. The highest BCUT2D eigenvalue weighted by atomic mass is 35.5. The first-order valence-corrected chi connectivity index (χ1v) is 7.93. The Balaban J connectivity index is 1.78. The maximum Gasteiger partial charge on any atom is 0.209 e. The van der Waals surface area contributed by atoms with Crippen molar-refractivity contribution < 1.29 is 0 Å². The van der Waals surface area contributed by atoms with Gasteiger partial charge in [0, 0.05) is 6.54 Å². The zero-order valence-corrected chi connectivity index (χ0v) is 14.1. The molecule has 2 heterocycles. The maximum atomic E-state index is 8.82. The minimum Gasteiger partial charge on any atom is -0.253 e. The fourth-order valence-corrected chi connectivity index (χ4v) is 2.51. The van der Waals surface area contributed by atoms with Crippen LogP contribution in [-0.4, -0.2) is 30.0 Å². The van der Waals surface area contributed by atoms with Crippen LogP contribution in [0.1, 0.15) is 25.0 Å². The molecule has 0 unspecified atom stereocenters. The molecule has 0 aliphatic heterocycles. The van der Waals surface area contributed by atoms with E-state index in [-0.39, 0.29) is 0 Å². The first-order chi connectivity index (χ1) is 11.6. The lowest BCUT2D eigenvalue weighted by Crippen LogP contribution is -2.05. The topological polar surface area (TPSA) is 85.2 Å². The van der Waals surface area contributed by atoms with E-state index >= 15 is 0 Å². The number of nitrogens with zero attached hydrogens (tertiary/aromatic N) is 7. The minimum atomic E-state index is 0.440. The molecule has 24 heavy (non-hydrogen) atoms. The Hall–Kier alpha value is -2.72. The van der Waals surface area contributed by atoms with Gasteiger partial charge in [-0.1, -0.05) is 37.6 Å². The van der Waals surface area contributed by atoms with Crippen molar-refractivity contribution >= 4 is 11.6 Å². The van der Waals surface area contributed by atoms with Crippen molar-refractivity contribution in [2.24, 2.45) is 5.92 Å². The van der Waals surface area contributed by atoms with Gasteiger partial charge in [0.1, 0.15) is 5.15 Å². The molecule has 0 saturated heterocycles. The molecule has 3 rings (SSSR count). The molecule has 1 aromatic carbocycles. The average molecular weight is 342 g/mol. The number of hydrogen-bond donors (Lipinski definition) is 0. The van der Waals surface area contributed by atoms with Gasteiger partial charge in [-0.2, -0.15) is 15.2 Å². The number of hydrogen-bond acceptors (Lipinski definition) is 5. The van der Waals surface area contributed by atoms with Crippen LogP contribution >= 0.6 is 11.6 Å². The molecule has 0 aliphatic rings. The third-order valence-electron chi connectivity index (χ3n) is 3.41. The Labute approximate surface area is 144 Å². The van der Waals surface area contributed by atoms with Gasteiger partial charge in [-0.05, 0) is 28.8 Å². The summed E-state index contributed by atoms with van der Waals surface area (Å²) in [6.45, 7) is 5.41. The van der Waals surface area contributed by atoms with Crippen LogP contribution in [0.5, 0.6) is 0 Å². The Kier molecular flexibility index (Phi) is 4.58. The Morgan fingerprint density at radius 2 is 2.00 bits per heavy atom. The van der Waals surface area contributed by atoms with Gasteiger partial charge in [-0.3, -0.25) is 4.68 Å². The predicted molar refractivity (Wildman–Crippen MR) is 89.1 cm³/mol. The number of nitriles is 1. The molecule has 0 amide bonds. The highest BCUT2D eigenvalue weighted by Crippen LogP contribution is 2.24. The predicted octanol–water partition coefficient (Wildman–Crippen LogP) is 2.77. The van der Waals surface area contributed by atoms with Gasteiger partial charge in [-0.25, -0.2) is 0 Å². The van der Waals surface area contributed by atoms with Gasteiger partial charge in [0.2, 0.25) is 5.82 Å². The van der Waals surface area contributed by atoms with Crippen molar-refractivity contribution in [3.8, 4) is 17.5 Å². The van der Waals surface area contributed by atoms with Crippen LogP contribution in [0.4, 0.5) is 0 Å². The van der Waals surface area contributed by atoms with Crippen molar-refractivity contribution in [2.75, 3.05) is 0 Å². The van der Waals surface area contributed by atoms with E-state index in [4.69, 9.17) is 16.9 Å². The van der Waals surface area contributed by atoms with Crippen LogP contribution in [0.2, 0.25) is 5.15 Å². The molecule has 0 aliphatic carbocycles. The second kappa shape index (κ2) is 6.81. The molecule has 0 bridgehead atoms. The van der Waals surface area contributed by atoms with Crippen molar-refractivity contribution in [3.05, 3.63) is 46.7 Å². The SMILES string of the molecule is CC(C)Cn1ncc(-c2nnn(Cc3ccc(C#N)cc3)n2)c1Cl. The number of tetrazole rings is 1. The van der Waals surface area contributed by atoms with E-state index in [2.05, 4.69) is 40.4 Å². The van der Waals surface area contributed by atoms with E-state index in [9.17, 15) is 0 Å². The third-order valence-corrected chi connectivity index (χ3v) is 3.81. The second-order valence-electron chi connectivity index (χ2n) is 5.88. The van der Waals surface area contributed by atoms with E-state index in [1.54, 1.807) is 23.0 Å². The molecule has 0 N–H and O–H groups in total. The maximum absolute atomic E-state index is 8.82. The van der Waals surface area contributed by atoms with E-state index < -0.39 is 0 Å². The summed E-state index contributed by atoms with van der Waals surface area (Å²) >= 11 is 6.36. The standard InChI is InChI=1S/C16H16ClN7/c1-11(2)9-23-15(17)14(8-19-23)16-20-22-24(21-16)10-13-5-3-12(7-18)4-6-13/h3-6,8,11H,9-10H2,1-2H3. The van der Waals surface area contributed by atoms with Crippen LogP contribution in [0.3, 0.4) is 0 Å². The first kappa shape index (κ1) is 16.1. The summed E-state index contributed by atoms with van der Waals surface area (Å²) in [5, 5.41) is 26.1. The van der Waals surface area contributed by atoms with E-state index in [1.165, 1.54) is 4.80 Å². The minimum absolute atomic E-state index is 0.440. The normalized spacial score (nSPS) is 11.0. The molecule has 0 fully saturated rings. The Morgan fingerprint density at radius 1 is 1.25 bits per heavy atom. The number of halogens is 1. The Bertz CT molecular complexity index is 871. The zero-order valence-electron chi connectivity index (χ0n) is 13.4. The summed E-state index contributed by atoms with van der Waals surface area (Å²) in [6.07, 6.45) is 1.66. The third kappa shape index (κ3) is 3.44. The summed E-state index contributed by atoms with van der Waals surface area (Å²) in [5.41, 5.74) is 2.28. The average Bonchev–Trinajstić information content (AvgIpc) is 3.15. The smallest absolute Gasteiger partial charge is 0.209 e. The van der Waals surface area contributed by atoms with Crippen LogP contribution in [0.25, 0.3) is 11.4 Å². The van der Waals surface area contributed by atoms with Gasteiger partial charge in [0.25, 0.3) is 0 Å². The molecule has 3 aromatic rings. The largest absolute Gasteiger partial charge is 0.253 e. The van der Waals surface area contributed by atoms with Crippen LogP contribution in [-0.2, 0) is 13.1 Å². The Morgan fingerprint density at radius 3 is 2.67 bits per heavy atom. The lowest BCUT2D eigenvalue weighted by molar-refractivity contribution is 0.484. The lowest BCUT2D eigenvalue weighted by Gasteiger charge is -2.05. The van der Waals surface area contributed by atoms with Gasteiger partial charge in [0.15, 0.2) is 0 Å². The summed E-state index contributed by atoms with van der Waals surface area (Å²) in [7, 11) is 0. The molecule has 7 nitrogen and oxygen atoms in total. The van der Waals surface area contributed by atoms with Gasteiger partial charge in [0.05, 0.1) is 29.9 Å². The van der Waals surface area contributed by atoms with Crippen LogP contribution in [0, 0.1) is 17.2 Å². The molecule has 2 aromatic heterocycles. The van der Waals surface area contributed by atoms with E-state index in [0.717, 1.165) is 12.1 Å². The van der Waals surface area contributed by atoms with Gasteiger partial charge >= 0.3 is 0 Å². The number of rotatable bonds is 5. The highest BCUT2D eigenvalue weighted by molar-refractivity contribution is 6.32. The zero-order chi connectivity index (χ0) is 17.1. The fraction of sp³-hybridized carbons (Fsp3) is 0.312. The van der Waals surface area contributed by atoms with Crippen molar-refractivity contribution in [3.63, 3.8) is 0 Å². The van der Waals surface area contributed by atoms with Crippen LogP contribution < -0.4 is 0 Å². The quantitative estimate of drug-likeness (QED) is 0.712. The summed E-state index contributed by atoms with van der Waals surface area (Å²) in [5.74, 6) is 0.888. The lowest BCUT2D eigenvalue weighted by atomic mass is 10.1. The summed E-state index contributed by atoms with van der Waals surface area (Å²) in [4.78, 5) is 1.49. The monoisotopic (exact) mass is 341 g/mol. The molecule has 0 atom stereocenters. The summed E-state index contributed by atoms with van der Waals surface area (Å²) in [6, 6.07) is 9.36. The highest BCUT2D eigenvalue weighted by Gasteiger charge is 2.16. The molecule has 122 valence electrons. The molecule has 0 saturated carbocycles. The molecule has 0 radical (unpaired) electrons. The number of aromatic nitrogens is 6. The first-order valence-electron chi connectivity index (χ1n) is 7.55. The summed E-state index contributed by atoms with van der Waals surface area (Å²) < 4.78 is 1.74. The van der Waals surface area contributed by atoms with Crippen molar-refractivity contribution in [1.82, 2.24) is 30.0 Å². The molecular formula is C16H16ClN7. The fourth-order valence-electron chi connectivity index (χ4n) is 2.26. The van der Waals surface area contributed by atoms with Gasteiger partial charge in [-0.15, -0.1) is 10.2 Å². The van der Waals surface area contributed by atoms with Crippen molar-refractivity contribution in [2.45, 2.75) is 26.9 Å².